The number of nitrogens with one attached hydrogen (secondary N) is 3. The van der Waals surface area contributed by atoms with E-state index in [4.69, 9.17) is 25.2 Å². The van der Waals surface area contributed by atoms with Crippen LogP contribution in [-0.2, 0) is 0 Å². The Balaban J connectivity index is 1.55. The third-order valence-electron chi connectivity index (χ3n) is 6.24. The molecule has 1 aliphatic rings. The molecule has 2 heterocycles. The average molecular weight is 473 g/mol. The number of anilines is 3. The van der Waals surface area contributed by atoms with Gasteiger partial charge in [-0.05, 0) is 61.6 Å². The summed E-state index contributed by atoms with van der Waals surface area (Å²) in [7, 11) is 3.14. The zero-order valence-electron chi connectivity index (χ0n) is 19.7. The first-order valence-electron chi connectivity index (χ1n) is 11.6. The van der Waals surface area contributed by atoms with Crippen LogP contribution in [-0.4, -0.2) is 41.1 Å². The number of fused-ring (bicyclic) bond motifs is 1. The summed E-state index contributed by atoms with van der Waals surface area (Å²) in [6.07, 6.45) is 6.34. The van der Waals surface area contributed by atoms with Crippen LogP contribution >= 0.6 is 0 Å². The van der Waals surface area contributed by atoms with Crippen molar-refractivity contribution in [1.82, 2.24) is 20.3 Å². The SMILES string of the molecule is CNC(=O)c1ccc(Nc2nc(OC3CCCC3)c3c(-c4ccc(N)cc4)c[nH]c3n2)c(OC)c1. The van der Waals surface area contributed by atoms with Gasteiger partial charge in [0.25, 0.3) is 5.91 Å². The van der Waals surface area contributed by atoms with Gasteiger partial charge in [0.15, 0.2) is 0 Å². The lowest BCUT2D eigenvalue weighted by atomic mass is 10.1. The molecule has 1 aliphatic carbocycles. The number of methoxy groups -OCH3 is 1. The van der Waals surface area contributed by atoms with Crippen molar-refractivity contribution in [3.63, 3.8) is 0 Å². The van der Waals surface area contributed by atoms with E-state index in [-0.39, 0.29) is 12.0 Å². The first kappa shape index (κ1) is 22.5. The van der Waals surface area contributed by atoms with Crippen LogP contribution in [0.2, 0.25) is 0 Å². The minimum Gasteiger partial charge on any atom is -0.495 e. The number of carbonyl (C=O) groups is 1. The molecule has 0 atom stereocenters. The van der Waals surface area contributed by atoms with Gasteiger partial charge >= 0.3 is 0 Å². The lowest BCUT2D eigenvalue weighted by Gasteiger charge is -2.16. The van der Waals surface area contributed by atoms with Crippen LogP contribution < -0.4 is 25.8 Å². The Morgan fingerprint density at radius 2 is 1.89 bits per heavy atom. The van der Waals surface area contributed by atoms with E-state index in [2.05, 4.69) is 15.6 Å². The van der Waals surface area contributed by atoms with Gasteiger partial charge in [-0.25, -0.2) is 0 Å². The van der Waals surface area contributed by atoms with Crippen LogP contribution in [0.4, 0.5) is 17.3 Å². The van der Waals surface area contributed by atoms with Crippen molar-refractivity contribution in [1.29, 1.82) is 0 Å². The fourth-order valence-corrected chi connectivity index (χ4v) is 4.40. The van der Waals surface area contributed by atoms with E-state index in [1.165, 1.54) is 0 Å². The van der Waals surface area contributed by atoms with Crippen LogP contribution in [0.1, 0.15) is 36.0 Å². The van der Waals surface area contributed by atoms with Gasteiger partial charge in [0, 0.05) is 30.1 Å². The smallest absolute Gasteiger partial charge is 0.251 e. The molecule has 0 unspecified atom stereocenters. The van der Waals surface area contributed by atoms with Crippen molar-refractivity contribution in [3.8, 4) is 22.8 Å². The fraction of sp³-hybridized carbons (Fsp3) is 0.269. The van der Waals surface area contributed by atoms with E-state index in [0.29, 0.717) is 40.2 Å². The van der Waals surface area contributed by atoms with Gasteiger partial charge < -0.3 is 30.8 Å². The van der Waals surface area contributed by atoms with E-state index in [1.807, 2.05) is 30.5 Å². The minimum absolute atomic E-state index is 0.122. The molecule has 0 radical (unpaired) electrons. The molecule has 9 nitrogen and oxygen atoms in total. The van der Waals surface area contributed by atoms with Gasteiger partial charge in [0.2, 0.25) is 11.8 Å². The van der Waals surface area contributed by atoms with Crippen LogP contribution in [0.5, 0.6) is 11.6 Å². The molecule has 1 amide bonds. The van der Waals surface area contributed by atoms with Gasteiger partial charge in [-0.2, -0.15) is 9.97 Å². The van der Waals surface area contributed by atoms with E-state index in [1.54, 1.807) is 32.4 Å². The number of hydrogen-bond acceptors (Lipinski definition) is 7. The van der Waals surface area contributed by atoms with Crippen molar-refractivity contribution in [2.75, 3.05) is 25.2 Å². The van der Waals surface area contributed by atoms with Crippen molar-refractivity contribution in [2.45, 2.75) is 31.8 Å². The number of ether oxygens (including phenoxy) is 2. The molecule has 0 aliphatic heterocycles. The average Bonchev–Trinajstić information content (AvgIpc) is 3.54. The minimum atomic E-state index is -0.193. The highest BCUT2D eigenvalue weighted by Crippen LogP contribution is 2.37. The number of amides is 1. The van der Waals surface area contributed by atoms with Gasteiger partial charge in [-0.1, -0.05) is 12.1 Å². The maximum absolute atomic E-state index is 12.0. The quantitative estimate of drug-likeness (QED) is 0.289. The molecular formula is C26H28N6O3. The summed E-state index contributed by atoms with van der Waals surface area (Å²) in [6.45, 7) is 0. The normalized spacial score (nSPS) is 13.7. The Morgan fingerprint density at radius 3 is 2.60 bits per heavy atom. The fourth-order valence-electron chi connectivity index (χ4n) is 4.40. The van der Waals surface area contributed by atoms with Crippen molar-refractivity contribution < 1.29 is 14.3 Å². The Morgan fingerprint density at radius 1 is 1.11 bits per heavy atom. The molecule has 1 fully saturated rings. The molecular weight excluding hydrogens is 444 g/mol. The third kappa shape index (κ3) is 4.57. The zero-order chi connectivity index (χ0) is 24.4. The van der Waals surface area contributed by atoms with Crippen LogP contribution in [0.15, 0.2) is 48.7 Å². The standard InChI is InChI=1S/C26H28N6O3/c1-28-24(33)16-9-12-20(21(13-16)34-2)30-26-31-23-22(25(32-26)35-18-5-3-4-6-18)19(14-29-23)15-7-10-17(27)11-8-15/h7-14,18H,3-6,27H2,1-2H3,(H,28,33)(H2,29,30,31,32). The topological polar surface area (TPSA) is 127 Å². The number of nitrogen functional groups attached to an aromatic ring is 1. The predicted molar refractivity (Wildman–Crippen MR) is 136 cm³/mol. The molecule has 35 heavy (non-hydrogen) atoms. The van der Waals surface area contributed by atoms with Crippen molar-refractivity contribution in [3.05, 3.63) is 54.2 Å². The number of benzene rings is 2. The van der Waals surface area contributed by atoms with Gasteiger partial charge in [0.05, 0.1) is 18.2 Å². The molecule has 9 heteroatoms. The number of H-pyrrole nitrogens is 1. The van der Waals surface area contributed by atoms with Crippen LogP contribution in [0, 0.1) is 0 Å². The molecule has 2 aromatic carbocycles. The van der Waals surface area contributed by atoms with Crippen LogP contribution in [0.3, 0.4) is 0 Å². The second-order valence-corrected chi connectivity index (χ2v) is 8.54. The Kier molecular flexibility index (Phi) is 6.13. The summed E-state index contributed by atoms with van der Waals surface area (Å²) in [5, 5.41) is 6.67. The lowest BCUT2D eigenvalue weighted by Crippen LogP contribution is -2.17. The maximum Gasteiger partial charge on any atom is 0.251 e. The summed E-state index contributed by atoms with van der Waals surface area (Å²) < 4.78 is 11.9. The Bertz CT molecular complexity index is 1360. The largest absolute Gasteiger partial charge is 0.495 e. The molecule has 2 aromatic heterocycles. The first-order valence-corrected chi connectivity index (χ1v) is 11.6. The molecule has 0 spiro atoms. The third-order valence-corrected chi connectivity index (χ3v) is 6.24. The monoisotopic (exact) mass is 472 g/mol. The van der Waals surface area contributed by atoms with Crippen LogP contribution in [0.25, 0.3) is 22.2 Å². The summed E-state index contributed by atoms with van der Waals surface area (Å²) >= 11 is 0. The molecule has 180 valence electrons. The van der Waals surface area contributed by atoms with Gasteiger partial charge in [-0.3, -0.25) is 4.79 Å². The summed E-state index contributed by atoms with van der Waals surface area (Å²) in [6, 6.07) is 12.8. The Labute approximate surface area is 203 Å². The number of rotatable bonds is 7. The first-order chi connectivity index (χ1) is 17.1. The summed E-state index contributed by atoms with van der Waals surface area (Å²) in [5.41, 5.74) is 10.3. The highest BCUT2D eigenvalue weighted by atomic mass is 16.5. The van der Waals surface area contributed by atoms with Gasteiger partial charge in [-0.15, -0.1) is 0 Å². The molecule has 0 saturated heterocycles. The highest BCUT2D eigenvalue weighted by molar-refractivity contribution is 5.98. The summed E-state index contributed by atoms with van der Waals surface area (Å²) in [5.74, 6) is 1.20. The maximum atomic E-state index is 12.0. The Hall–Kier alpha value is -4.27. The molecule has 5 N–H and O–H groups in total. The number of hydrogen-bond donors (Lipinski definition) is 4. The van der Waals surface area contributed by atoms with E-state index in [9.17, 15) is 4.79 Å². The highest BCUT2D eigenvalue weighted by Gasteiger charge is 2.22. The molecule has 1 saturated carbocycles. The van der Waals surface area contributed by atoms with Gasteiger partial charge in [0.1, 0.15) is 17.5 Å². The van der Waals surface area contributed by atoms with E-state index < -0.39 is 0 Å². The number of carbonyl (C=O) groups excluding carboxylic acids is 1. The lowest BCUT2D eigenvalue weighted by molar-refractivity contribution is 0.0962. The number of aromatic nitrogens is 3. The van der Waals surface area contributed by atoms with Crippen molar-refractivity contribution in [2.24, 2.45) is 0 Å². The summed E-state index contributed by atoms with van der Waals surface area (Å²) in [4.78, 5) is 24.7. The second kappa shape index (κ2) is 9.54. The number of nitrogens with two attached hydrogens (primary N) is 1. The molecule has 0 bridgehead atoms. The second-order valence-electron chi connectivity index (χ2n) is 8.54. The zero-order valence-corrected chi connectivity index (χ0v) is 19.7. The number of aromatic amines is 1. The van der Waals surface area contributed by atoms with Crippen molar-refractivity contribution >= 4 is 34.3 Å². The van der Waals surface area contributed by atoms with E-state index in [0.717, 1.165) is 42.2 Å². The predicted octanol–water partition coefficient (Wildman–Crippen LogP) is 4.64. The van der Waals surface area contributed by atoms with E-state index >= 15 is 0 Å². The molecule has 4 aromatic rings. The number of nitrogens with zero attached hydrogens (tertiary/aromatic N) is 2. The molecule has 5 rings (SSSR count).